The third-order valence-corrected chi connectivity index (χ3v) is 3.23. The SMILES string of the molecule is C=CC(O)C(C=C)C(CCCCCCC)OC. The first kappa shape index (κ1) is 16.4. The van der Waals surface area contributed by atoms with E-state index in [1.165, 1.54) is 25.7 Å². The van der Waals surface area contributed by atoms with Crippen molar-refractivity contribution in [2.45, 2.75) is 57.7 Å². The highest BCUT2D eigenvalue weighted by Crippen LogP contribution is 2.20. The summed E-state index contributed by atoms with van der Waals surface area (Å²) in [6.45, 7) is 9.60. The smallest absolute Gasteiger partial charge is 0.0805 e. The Labute approximate surface area is 106 Å². The maximum absolute atomic E-state index is 9.79. The molecule has 0 saturated carbocycles. The minimum absolute atomic E-state index is 0.0436. The zero-order valence-electron chi connectivity index (χ0n) is 11.4. The fourth-order valence-corrected chi connectivity index (χ4v) is 2.08. The van der Waals surface area contributed by atoms with Gasteiger partial charge in [0.25, 0.3) is 0 Å². The zero-order chi connectivity index (χ0) is 13.1. The molecule has 0 aliphatic carbocycles. The monoisotopic (exact) mass is 240 g/mol. The zero-order valence-corrected chi connectivity index (χ0v) is 11.4. The molecule has 1 N–H and O–H groups in total. The molecule has 0 rings (SSSR count). The molecule has 3 atom stereocenters. The number of hydrogen-bond donors (Lipinski definition) is 1. The summed E-state index contributed by atoms with van der Waals surface area (Å²) in [5.41, 5.74) is 0. The lowest BCUT2D eigenvalue weighted by Crippen LogP contribution is -2.30. The van der Waals surface area contributed by atoms with Crippen molar-refractivity contribution in [2.75, 3.05) is 7.11 Å². The lowest BCUT2D eigenvalue weighted by Gasteiger charge is -2.26. The third kappa shape index (κ3) is 6.64. The molecule has 2 nitrogen and oxygen atoms in total. The van der Waals surface area contributed by atoms with E-state index in [1.54, 1.807) is 19.3 Å². The van der Waals surface area contributed by atoms with Crippen LogP contribution in [0.5, 0.6) is 0 Å². The lowest BCUT2D eigenvalue weighted by atomic mass is 9.92. The van der Waals surface area contributed by atoms with Crippen molar-refractivity contribution < 1.29 is 9.84 Å². The van der Waals surface area contributed by atoms with Crippen LogP contribution in [0.3, 0.4) is 0 Å². The molecule has 0 radical (unpaired) electrons. The van der Waals surface area contributed by atoms with E-state index < -0.39 is 6.10 Å². The lowest BCUT2D eigenvalue weighted by molar-refractivity contribution is 0.0175. The van der Waals surface area contributed by atoms with Crippen molar-refractivity contribution in [3.63, 3.8) is 0 Å². The van der Waals surface area contributed by atoms with E-state index in [0.29, 0.717) is 0 Å². The van der Waals surface area contributed by atoms with Crippen LogP contribution in [-0.2, 0) is 4.74 Å². The molecule has 0 fully saturated rings. The molecular weight excluding hydrogens is 212 g/mol. The van der Waals surface area contributed by atoms with Crippen LogP contribution in [0.25, 0.3) is 0 Å². The molecule has 3 unspecified atom stereocenters. The van der Waals surface area contributed by atoms with Crippen molar-refractivity contribution in [1.29, 1.82) is 0 Å². The van der Waals surface area contributed by atoms with Crippen molar-refractivity contribution in [3.8, 4) is 0 Å². The Balaban J connectivity index is 4.02. The summed E-state index contributed by atoms with van der Waals surface area (Å²) in [5.74, 6) is -0.0522. The van der Waals surface area contributed by atoms with E-state index in [9.17, 15) is 5.11 Å². The fourth-order valence-electron chi connectivity index (χ4n) is 2.08. The van der Waals surface area contributed by atoms with Crippen LogP contribution in [0.15, 0.2) is 25.3 Å². The minimum Gasteiger partial charge on any atom is -0.388 e. The molecule has 0 aliphatic rings. The van der Waals surface area contributed by atoms with E-state index in [0.717, 1.165) is 12.8 Å². The average Bonchev–Trinajstić information content (AvgIpc) is 2.36. The summed E-state index contributed by atoms with van der Waals surface area (Å²) in [7, 11) is 1.70. The van der Waals surface area contributed by atoms with Gasteiger partial charge in [-0.1, -0.05) is 51.2 Å². The summed E-state index contributed by atoms with van der Waals surface area (Å²) in [4.78, 5) is 0. The summed E-state index contributed by atoms with van der Waals surface area (Å²) in [6, 6.07) is 0. The Morgan fingerprint density at radius 1 is 1.12 bits per heavy atom. The quantitative estimate of drug-likeness (QED) is 0.440. The number of hydrogen-bond acceptors (Lipinski definition) is 2. The molecule has 0 amide bonds. The molecule has 0 aliphatic heterocycles. The summed E-state index contributed by atoms with van der Waals surface area (Å²) < 4.78 is 5.45. The van der Waals surface area contributed by atoms with Crippen molar-refractivity contribution in [3.05, 3.63) is 25.3 Å². The second kappa shape index (κ2) is 10.5. The number of ether oxygens (including phenoxy) is 1. The van der Waals surface area contributed by atoms with Crippen LogP contribution in [0.2, 0.25) is 0 Å². The normalized spacial score (nSPS) is 16.2. The Bertz CT molecular complexity index is 201. The molecule has 100 valence electrons. The number of aliphatic hydroxyl groups is 1. The van der Waals surface area contributed by atoms with Crippen molar-refractivity contribution in [1.82, 2.24) is 0 Å². The first-order chi connectivity index (χ1) is 8.21. The molecule has 0 aromatic heterocycles. The van der Waals surface area contributed by atoms with Crippen LogP contribution in [0.4, 0.5) is 0 Å². The highest BCUT2D eigenvalue weighted by molar-refractivity contribution is 4.97. The third-order valence-electron chi connectivity index (χ3n) is 3.23. The standard InChI is InChI=1S/C15H28O2/c1-5-8-9-10-11-12-15(17-4)13(6-2)14(16)7-3/h6-7,13-16H,2-3,5,8-12H2,1,4H3. The van der Waals surface area contributed by atoms with Gasteiger partial charge in [0.2, 0.25) is 0 Å². The van der Waals surface area contributed by atoms with Gasteiger partial charge in [-0.3, -0.25) is 0 Å². The van der Waals surface area contributed by atoms with E-state index in [4.69, 9.17) is 4.74 Å². The summed E-state index contributed by atoms with van der Waals surface area (Å²) >= 11 is 0. The number of unbranched alkanes of at least 4 members (excludes halogenated alkanes) is 4. The van der Waals surface area contributed by atoms with Gasteiger partial charge >= 0.3 is 0 Å². The van der Waals surface area contributed by atoms with E-state index in [2.05, 4.69) is 20.1 Å². The second-order valence-electron chi connectivity index (χ2n) is 4.52. The predicted octanol–water partition coefficient (Wildman–Crippen LogP) is 3.71. The van der Waals surface area contributed by atoms with Gasteiger partial charge in [-0.15, -0.1) is 13.2 Å². The van der Waals surface area contributed by atoms with Gasteiger partial charge in [-0.2, -0.15) is 0 Å². The van der Waals surface area contributed by atoms with Crippen molar-refractivity contribution >= 4 is 0 Å². The van der Waals surface area contributed by atoms with Crippen LogP contribution in [0, 0.1) is 5.92 Å². The number of rotatable bonds is 11. The van der Waals surface area contributed by atoms with Gasteiger partial charge in [0.15, 0.2) is 0 Å². The van der Waals surface area contributed by atoms with Gasteiger partial charge in [0, 0.05) is 13.0 Å². The number of aliphatic hydroxyl groups excluding tert-OH is 1. The largest absolute Gasteiger partial charge is 0.388 e. The van der Waals surface area contributed by atoms with E-state index in [-0.39, 0.29) is 12.0 Å². The first-order valence-corrected chi connectivity index (χ1v) is 6.67. The Morgan fingerprint density at radius 3 is 2.24 bits per heavy atom. The highest BCUT2D eigenvalue weighted by atomic mass is 16.5. The molecular formula is C15H28O2. The van der Waals surface area contributed by atoms with E-state index >= 15 is 0 Å². The molecule has 0 saturated heterocycles. The van der Waals surface area contributed by atoms with Crippen LogP contribution < -0.4 is 0 Å². The maximum Gasteiger partial charge on any atom is 0.0805 e. The summed E-state index contributed by atoms with van der Waals surface area (Å²) in [6.07, 6.45) is 10.0. The van der Waals surface area contributed by atoms with Gasteiger partial charge in [-0.25, -0.2) is 0 Å². The van der Waals surface area contributed by atoms with Gasteiger partial charge < -0.3 is 9.84 Å². The Hall–Kier alpha value is -0.600. The van der Waals surface area contributed by atoms with Crippen LogP contribution in [0.1, 0.15) is 45.4 Å². The predicted molar refractivity (Wildman–Crippen MR) is 74.1 cm³/mol. The fraction of sp³-hybridized carbons (Fsp3) is 0.733. The van der Waals surface area contributed by atoms with Crippen LogP contribution >= 0.6 is 0 Å². The topological polar surface area (TPSA) is 29.5 Å². The van der Waals surface area contributed by atoms with Crippen LogP contribution in [-0.4, -0.2) is 24.4 Å². The molecule has 2 heteroatoms. The van der Waals surface area contributed by atoms with Crippen molar-refractivity contribution in [2.24, 2.45) is 5.92 Å². The molecule has 0 aromatic rings. The van der Waals surface area contributed by atoms with Gasteiger partial charge in [-0.05, 0) is 6.42 Å². The number of methoxy groups -OCH3 is 1. The van der Waals surface area contributed by atoms with E-state index in [1.807, 2.05) is 0 Å². The molecule has 0 bridgehead atoms. The van der Waals surface area contributed by atoms with Gasteiger partial charge in [0.05, 0.1) is 12.2 Å². The molecule has 0 heterocycles. The molecule has 0 spiro atoms. The first-order valence-electron chi connectivity index (χ1n) is 6.67. The second-order valence-corrected chi connectivity index (χ2v) is 4.52. The summed E-state index contributed by atoms with van der Waals surface area (Å²) in [5, 5.41) is 9.79. The highest BCUT2D eigenvalue weighted by Gasteiger charge is 2.23. The minimum atomic E-state index is -0.562. The average molecular weight is 240 g/mol. The Morgan fingerprint density at radius 2 is 1.76 bits per heavy atom. The Kier molecular flexibility index (Phi) is 10.2. The van der Waals surface area contributed by atoms with Gasteiger partial charge in [0.1, 0.15) is 0 Å². The molecule has 0 aromatic carbocycles. The maximum atomic E-state index is 9.79. The molecule has 17 heavy (non-hydrogen) atoms.